The van der Waals surface area contributed by atoms with E-state index in [0.717, 1.165) is 16.4 Å². The van der Waals surface area contributed by atoms with Gasteiger partial charge in [-0.1, -0.05) is 30.3 Å². The molecule has 0 saturated carbocycles. The molecule has 2 rings (SSSR count). The van der Waals surface area contributed by atoms with E-state index >= 15 is 0 Å². The van der Waals surface area contributed by atoms with Gasteiger partial charge in [0, 0.05) is 12.7 Å². The van der Waals surface area contributed by atoms with Gasteiger partial charge in [0.05, 0.1) is 11.3 Å². The molecule has 0 unspecified atom stereocenters. The third-order valence-corrected chi connectivity index (χ3v) is 2.53. The van der Waals surface area contributed by atoms with Crippen molar-refractivity contribution in [2.24, 2.45) is 5.84 Å². The Morgan fingerprint density at radius 2 is 1.67 bits per heavy atom. The van der Waals surface area contributed by atoms with Crippen LogP contribution < -0.4 is 11.2 Å². The van der Waals surface area contributed by atoms with Crippen LogP contribution in [-0.4, -0.2) is 18.0 Å². The predicted octanol–water partition coefficient (Wildman–Crippen LogP) is 2.38. The van der Waals surface area contributed by atoms with Crippen molar-refractivity contribution in [3.8, 4) is 0 Å². The van der Waals surface area contributed by atoms with E-state index in [0.29, 0.717) is 5.56 Å². The summed E-state index contributed by atoms with van der Waals surface area (Å²) in [5.74, 6) is 5.26. The Morgan fingerprint density at radius 3 is 2.33 bits per heavy atom. The first kappa shape index (κ1) is 12.1. The molecular weight excluding hydrogens is 226 g/mol. The zero-order chi connectivity index (χ0) is 13.0. The van der Waals surface area contributed by atoms with Gasteiger partial charge in [-0.2, -0.15) is 0 Å². The van der Waals surface area contributed by atoms with Gasteiger partial charge in [-0.25, -0.2) is 5.84 Å². The number of para-hydroxylation sites is 2. The largest absolute Gasteiger partial charge is 0.355 e. The fourth-order valence-electron chi connectivity index (χ4n) is 1.65. The zero-order valence-electron chi connectivity index (χ0n) is 10.1. The van der Waals surface area contributed by atoms with Crippen molar-refractivity contribution in [3.63, 3.8) is 0 Å². The van der Waals surface area contributed by atoms with Crippen LogP contribution in [-0.2, 0) is 0 Å². The number of carbonyl (C=O) groups is 1. The van der Waals surface area contributed by atoms with Crippen LogP contribution in [0.1, 0.15) is 10.4 Å². The lowest BCUT2D eigenvalue weighted by Gasteiger charge is -2.14. The molecule has 3 N–H and O–H groups in total. The lowest BCUT2D eigenvalue weighted by atomic mass is 10.1. The van der Waals surface area contributed by atoms with E-state index in [2.05, 4.69) is 5.32 Å². The molecule has 0 aromatic heterocycles. The van der Waals surface area contributed by atoms with Gasteiger partial charge in [-0.05, 0) is 24.3 Å². The summed E-state index contributed by atoms with van der Waals surface area (Å²) in [5.41, 5.74) is 2.22. The van der Waals surface area contributed by atoms with Crippen molar-refractivity contribution in [3.05, 3.63) is 60.2 Å². The maximum Gasteiger partial charge on any atom is 0.269 e. The molecule has 4 heteroatoms. The Balaban J connectivity index is 2.31. The minimum Gasteiger partial charge on any atom is -0.355 e. The highest BCUT2D eigenvalue weighted by molar-refractivity contribution is 5.99. The zero-order valence-corrected chi connectivity index (χ0v) is 10.1. The van der Waals surface area contributed by atoms with E-state index < -0.39 is 0 Å². The van der Waals surface area contributed by atoms with Gasteiger partial charge in [0.1, 0.15) is 0 Å². The number of nitrogens with two attached hydrogens (primary N) is 1. The number of amides is 1. The van der Waals surface area contributed by atoms with Crippen molar-refractivity contribution in [1.82, 2.24) is 5.01 Å². The number of hydrogen-bond donors (Lipinski definition) is 2. The summed E-state index contributed by atoms with van der Waals surface area (Å²) in [5, 5.41) is 4.28. The summed E-state index contributed by atoms with van der Waals surface area (Å²) in [7, 11) is 1.53. The molecule has 92 valence electrons. The minimum atomic E-state index is -0.228. The fourth-order valence-corrected chi connectivity index (χ4v) is 1.65. The van der Waals surface area contributed by atoms with E-state index in [1.165, 1.54) is 7.05 Å². The molecule has 0 aliphatic heterocycles. The van der Waals surface area contributed by atoms with Gasteiger partial charge in [0.15, 0.2) is 0 Å². The molecule has 1 amide bonds. The summed E-state index contributed by atoms with van der Waals surface area (Å²) in [6, 6.07) is 17.0. The molecular formula is C14H15N3O. The maximum absolute atomic E-state index is 11.9. The van der Waals surface area contributed by atoms with Gasteiger partial charge in [-0.3, -0.25) is 9.80 Å². The van der Waals surface area contributed by atoms with Crippen LogP contribution in [0.3, 0.4) is 0 Å². The van der Waals surface area contributed by atoms with Crippen molar-refractivity contribution >= 4 is 17.3 Å². The average Bonchev–Trinajstić information content (AvgIpc) is 2.39. The summed E-state index contributed by atoms with van der Waals surface area (Å²) >= 11 is 0. The maximum atomic E-state index is 11.9. The standard InChI is InChI=1S/C14H15N3O/c1-17(15)14(18)12-9-5-6-10-13(12)16-11-7-3-2-4-8-11/h2-10,16H,15H2,1H3. The number of hydrogen-bond acceptors (Lipinski definition) is 3. The normalized spacial score (nSPS) is 9.89. The van der Waals surface area contributed by atoms with Crippen LogP contribution >= 0.6 is 0 Å². The SMILES string of the molecule is CN(N)C(=O)c1ccccc1Nc1ccccc1. The molecule has 2 aromatic rings. The minimum absolute atomic E-state index is 0.228. The Bertz CT molecular complexity index is 538. The van der Waals surface area contributed by atoms with E-state index in [4.69, 9.17) is 5.84 Å². The number of nitrogens with zero attached hydrogens (tertiary/aromatic N) is 1. The monoisotopic (exact) mass is 241 g/mol. The first-order chi connectivity index (χ1) is 8.68. The quantitative estimate of drug-likeness (QED) is 0.493. The summed E-state index contributed by atoms with van der Waals surface area (Å²) in [6.45, 7) is 0. The van der Waals surface area contributed by atoms with E-state index in [1.807, 2.05) is 48.5 Å². The molecule has 0 aliphatic carbocycles. The smallest absolute Gasteiger partial charge is 0.269 e. The molecule has 0 saturated heterocycles. The molecule has 18 heavy (non-hydrogen) atoms. The molecule has 0 radical (unpaired) electrons. The van der Waals surface area contributed by atoms with Gasteiger partial charge < -0.3 is 5.32 Å². The number of rotatable bonds is 3. The molecule has 0 atom stereocenters. The van der Waals surface area contributed by atoms with Gasteiger partial charge in [0.2, 0.25) is 0 Å². The third kappa shape index (κ3) is 2.67. The Hall–Kier alpha value is -2.33. The number of benzene rings is 2. The van der Waals surface area contributed by atoms with Crippen molar-refractivity contribution < 1.29 is 4.79 Å². The van der Waals surface area contributed by atoms with Crippen LogP contribution in [0, 0.1) is 0 Å². The molecule has 0 aliphatic rings. The number of anilines is 2. The molecule has 4 nitrogen and oxygen atoms in total. The van der Waals surface area contributed by atoms with Gasteiger partial charge >= 0.3 is 0 Å². The second-order valence-electron chi connectivity index (χ2n) is 3.95. The molecule has 2 aromatic carbocycles. The first-order valence-electron chi connectivity index (χ1n) is 5.62. The highest BCUT2D eigenvalue weighted by Crippen LogP contribution is 2.21. The molecule has 0 bridgehead atoms. The lowest BCUT2D eigenvalue weighted by Crippen LogP contribution is -2.33. The van der Waals surface area contributed by atoms with Crippen molar-refractivity contribution in [1.29, 1.82) is 0 Å². The topological polar surface area (TPSA) is 58.4 Å². The van der Waals surface area contributed by atoms with E-state index in [9.17, 15) is 4.79 Å². The van der Waals surface area contributed by atoms with Crippen LogP contribution in [0.2, 0.25) is 0 Å². The second kappa shape index (κ2) is 5.33. The van der Waals surface area contributed by atoms with E-state index in [1.54, 1.807) is 6.07 Å². The fraction of sp³-hybridized carbons (Fsp3) is 0.0714. The predicted molar refractivity (Wildman–Crippen MR) is 72.4 cm³/mol. The number of hydrazine groups is 1. The molecule has 0 fully saturated rings. The van der Waals surface area contributed by atoms with Crippen LogP contribution in [0.5, 0.6) is 0 Å². The van der Waals surface area contributed by atoms with Crippen LogP contribution in [0.15, 0.2) is 54.6 Å². The second-order valence-corrected chi connectivity index (χ2v) is 3.95. The van der Waals surface area contributed by atoms with Gasteiger partial charge in [0.25, 0.3) is 5.91 Å². The highest BCUT2D eigenvalue weighted by Gasteiger charge is 2.12. The molecule has 0 heterocycles. The Morgan fingerprint density at radius 1 is 1.06 bits per heavy atom. The Kier molecular flexibility index (Phi) is 3.60. The third-order valence-electron chi connectivity index (χ3n) is 2.53. The van der Waals surface area contributed by atoms with Gasteiger partial charge in [-0.15, -0.1) is 0 Å². The number of nitrogens with one attached hydrogen (secondary N) is 1. The van der Waals surface area contributed by atoms with Crippen molar-refractivity contribution in [2.45, 2.75) is 0 Å². The average molecular weight is 241 g/mol. The lowest BCUT2D eigenvalue weighted by molar-refractivity contribution is 0.0796. The summed E-state index contributed by atoms with van der Waals surface area (Å²) < 4.78 is 0. The summed E-state index contributed by atoms with van der Waals surface area (Å²) in [4.78, 5) is 11.9. The van der Waals surface area contributed by atoms with Crippen molar-refractivity contribution in [2.75, 3.05) is 12.4 Å². The molecule has 0 spiro atoms. The van der Waals surface area contributed by atoms with Crippen LogP contribution in [0.25, 0.3) is 0 Å². The first-order valence-corrected chi connectivity index (χ1v) is 5.62. The number of carbonyl (C=O) groups excluding carboxylic acids is 1. The Labute approximate surface area is 106 Å². The van der Waals surface area contributed by atoms with Crippen LogP contribution in [0.4, 0.5) is 11.4 Å². The van der Waals surface area contributed by atoms with E-state index in [-0.39, 0.29) is 5.91 Å². The summed E-state index contributed by atoms with van der Waals surface area (Å²) in [6.07, 6.45) is 0. The highest BCUT2D eigenvalue weighted by atomic mass is 16.2.